The number of hydrogen-bond acceptors (Lipinski definition) is 4. The first-order valence-corrected chi connectivity index (χ1v) is 9.12. The van der Waals surface area contributed by atoms with Gasteiger partial charge in [0, 0.05) is 24.2 Å². The molecule has 1 aromatic carbocycles. The Morgan fingerprint density at radius 2 is 2.04 bits per heavy atom. The normalized spacial score (nSPS) is 11.5. The number of aromatic nitrogens is 1. The monoisotopic (exact) mass is 358 g/mol. The van der Waals surface area contributed by atoms with Crippen molar-refractivity contribution in [2.24, 2.45) is 4.99 Å². The maximum atomic E-state index is 5.46. The van der Waals surface area contributed by atoms with Gasteiger partial charge in [0.05, 0.1) is 19.3 Å². The van der Waals surface area contributed by atoms with Crippen molar-refractivity contribution in [3.63, 3.8) is 0 Å². The van der Waals surface area contributed by atoms with Crippen LogP contribution in [-0.2, 0) is 13.0 Å². The summed E-state index contributed by atoms with van der Waals surface area (Å²) in [5.41, 5.74) is 4.44. The van der Waals surface area contributed by atoms with E-state index >= 15 is 0 Å². The quantitative estimate of drug-likeness (QED) is 0.430. The van der Waals surface area contributed by atoms with Crippen LogP contribution in [0.3, 0.4) is 0 Å². The maximum absolute atomic E-state index is 5.46. The number of rotatable bonds is 8. The fraction of sp³-hybridized carbons (Fsp3) is 0.500. The molecule has 26 heavy (non-hydrogen) atoms. The fourth-order valence-electron chi connectivity index (χ4n) is 2.82. The number of aliphatic imine (C=N–C) groups is 1. The third-order valence-corrected chi connectivity index (χ3v) is 4.27. The second-order valence-electron chi connectivity index (χ2n) is 6.34. The zero-order valence-electron chi connectivity index (χ0n) is 16.5. The molecule has 0 spiro atoms. The predicted octanol–water partition coefficient (Wildman–Crippen LogP) is 3.30. The van der Waals surface area contributed by atoms with Crippen molar-refractivity contribution in [2.45, 2.75) is 47.1 Å². The smallest absolute Gasteiger partial charge is 0.191 e. The third kappa shape index (κ3) is 5.51. The molecule has 0 radical (unpaired) electrons. The molecule has 2 rings (SSSR count). The molecule has 0 amide bonds. The van der Waals surface area contributed by atoms with E-state index in [2.05, 4.69) is 46.8 Å². The molecule has 0 atom stereocenters. The summed E-state index contributed by atoms with van der Waals surface area (Å²) in [4.78, 5) is 4.68. The maximum Gasteiger partial charge on any atom is 0.191 e. The Kier molecular flexibility index (Phi) is 7.51. The van der Waals surface area contributed by atoms with E-state index in [4.69, 9.17) is 9.26 Å². The van der Waals surface area contributed by atoms with Crippen LogP contribution in [0.25, 0.3) is 0 Å². The predicted molar refractivity (Wildman–Crippen MR) is 105 cm³/mol. The first kappa shape index (κ1) is 19.8. The van der Waals surface area contributed by atoms with Crippen molar-refractivity contribution in [3.05, 3.63) is 46.3 Å². The van der Waals surface area contributed by atoms with E-state index in [-0.39, 0.29) is 0 Å². The van der Waals surface area contributed by atoms with Gasteiger partial charge < -0.3 is 19.9 Å². The van der Waals surface area contributed by atoms with Gasteiger partial charge in [-0.2, -0.15) is 0 Å². The van der Waals surface area contributed by atoms with E-state index in [1.807, 2.05) is 19.9 Å². The van der Waals surface area contributed by atoms with Crippen molar-refractivity contribution in [1.82, 2.24) is 15.8 Å². The molecule has 0 aliphatic heterocycles. The first-order valence-electron chi connectivity index (χ1n) is 9.12. The molecule has 0 bridgehead atoms. The van der Waals surface area contributed by atoms with Gasteiger partial charge in [0.25, 0.3) is 0 Å². The van der Waals surface area contributed by atoms with Crippen LogP contribution in [0.1, 0.15) is 41.5 Å². The molecule has 1 heterocycles. The number of hydrogen-bond donors (Lipinski definition) is 2. The summed E-state index contributed by atoms with van der Waals surface area (Å²) in [6.45, 7) is 10.3. The minimum Gasteiger partial charge on any atom is -0.496 e. The van der Waals surface area contributed by atoms with E-state index in [1.54, 1.807) is 7.11 Å². The minimum absolute atomic E-state index is 0.572. The van der Waals surface area contributed by atoms with Gasteiger partial charge in [0.1, 0.15) is 11.5 Å². The highest BCUT2D eigenvalue weighted by molar-refractivity contribution is 5.79. The van der Waals surface area contributed by atoms with Crippen molar-refractivity contribution >= 4 is 5.96 Å². The minimum atomic E-state index is 0.572. The number of aryl methyl sites for hydroxylation is 3. The molecular weight excluding hydrogens is 328 g/mol. The number of nitrogens with zero attached hydrogens (tertiary/aromatic N) is 2. The molecule has 0 fully saturated rings. The molecule has 2 aromatic rings. The molecule has 0 aliphatic rings. The summed E-state index contributed by atoms with van der Waals surface area (Å²) >= 11 is 0. The molecule has 0 saturated heterocycles. The lowest BCUT2D eigenvalue weighted by atomic mass is 10.1. The molecule has 0 saturated carbocycles. The zero-order valence-corrected chi connectivity index (χ0v) is 16.5. The van der Waals surface area contributed by atoms with Gasteiger partial charge in [-0.25, -0.2) is 4.99 Å². The van der Waals surface area contributed by atoms with E-state index in [0.717, 1.165) is 54.7 Å². The lowest BCUT2D eigenvalue weighted by Crippen LogP contribution is -2.37. The van der Waals surface area contributed by atoms with Crippen LogP contribution in [0.5, 0.6) is 5.75 Å². The number of guanidine groups is 1. The van der Waals surface area contributed by atoms with Crippen LogP contribution in [-0.4, -0.2) is 31.3 Å². The summed E-state index contributed by atoms with van der Waals surface area (Å²) in [6.07, 6.45) is 1.93. The van der Waals surface area contributed by atoms with Crippen LogP contribution in [0.4, 0.5) is 0 Å². The highest BCUT2D eigenvalue weighted by Gasteiger charge is 2.08. The molecule has 6 nitrogen and oxygen atoms in total. The Morgan fingerprint density at radius 1 is 1.23 bits per heavy atom. The number of methoxy groups -OCH3 is 1. The molecule has 0 aliphatic carbocycles. The zero-order chi connectivity index (χ0) is 18.9. The van der Waals surface area contributed by atoms with Crippen molar-refractivity contribution in [1.29, 1.82) is 0 Å². The van der Waals surface area contributed by atoms with Crippen molar-refractivity contribution in [3.8, 4) is 5.75 Å². The average Bonchev–Trinajstić information content (AvgIpc) is 2.95. The second-order valence-corrected chi connectivity index (χ2v) is 6.34. The van der Waals surface area contributed by atoms with Crippen LogP contribution in [0.15, 0.2) is 27.7 Å². The Labute approximate surface area is 156 Å². The molecule has 142 valence electrons. The molecule has 6 heteroatoms. The number of ether oxygens (including phenoxy) is 1. The topological polar surface area (TPSA) is 71.7 Å². The first-order chi connectivity index (χ1) is 12.5. The summed E-state index contributed by atoms with van der Waals surface area (Å²) in [6, 6.07) is 6.19. The Bertz CT molecular complexity index is 718. The SMILES string of the molecule is CCNC(=NCc1ccc(C)cc1OC)NCCCc1c(C)noc1C. The second kappa shape index (κ2) is 9.85. The molecule has 0 unspecified atom stereocenters. The standard InChI is InChI=1S/C20H30N4O2/c1-6-21-20(22-11-7-8-18-15(3)24-26-16(18)4)23-13-17-10-9-14(2)12-19(17)25-5/h9-10,12H,6-8,11,13H2,1-5H3,(H2,21,22,23). The highest BCUT2D eigenvalue weighted by Crippen LogP contribution is 2.20. The summed E-state index contributed by atoms with van der Waals surface area (Å²) in [5, 5.41) is 10.7. The van der Waals surface area contributed by atoms with Crippen LogP contribution in [0.2, 0.25) is 0 Å². The van der Waals surface area contributed by atoms with Gasteiger partial charge in [-0.15, -0.1) is 0 Å². The third-order valence-electron chi connectivity index (χ3n) is 4.27. The Morgan fingerprint density at radius 3 is 2.69 bits per heavy atom. The Balaban J connectivity index is 1.90. The van der Waals surface area contributed by atoms with Crippen LogP contribution >= 0.6 is 0 Å². The molecule has 1 aromatic heterocycles. The van der Waals surface area contributed by atoms with Gasteiger partial charge in [-0.05, 0) is 52.2 Å². The van der Waals surface area contributed by atoms with E-state index in [1.165, 1.54) is 11.1 Å². The van der Waals surface area contributed by atoms with Gasteiger partial charge in [0.2, 0.25) is 0 Å². The van der Waals surface area contributed by atoms with Gasteiger partial charge >= 0.3 is 0 Å². The summed E-state index contributed by atoms with van der Waals surface area (Å²) in [5.74, 6) is 2.60. The summed E-state index contributed by atoms with van der Waals surface area (Å²) < 4.78 is 10.7. The lowest BCUT2D eigenvalue weighted by Gasteiger charge is -2.12. The van der Waals surface area contributed by atoms with E-state index in [9.17, 15) is 0 Å². The van der Waals surface area contributed by atoms with Gasteiger partial charge in [-0.3, -0.25) is 0 Å². The van der Waals surface area contributed by atoms with Crippen molar-refractivity contribution < 1.29 is 9.26 Å². The largest absolute Gasteiger partial charge is 0.496 e. The van der Waals surface area contributed by atoms with Crippen molar-refractivity contribution in [2.75, 3.05) is 20.2 Å². The lowest BCUT2D eigenvalue weighted by molar-refractivity contribution is 0.392. The van der Waals surface area contributed by atoms with Crippen LogP contribution < -0.4 is 15.4 Å². The Hall–Kier alpha value is -2.50. The number of benzene rings is 1. The highest BCUT2D eigenvalue weighted by atomic mass is 16.5. The van der Waals surface area contributed by atoms with Gasteiger partial charge in [0.15, 0.2) is 5.96 Å². The average molecular weight is 358 g/mol. The van der Waals surface area contributed by atoms with E-state index < -0.39 is 0 Å². The van der Waals surface area contributed by atoms with Crippen LogP contribution in [0, 0.1) is 20.8 Å². The molecular formula is C20H30N4O2. The molecule has 2 N–H and O–H groups in total. The number of nitrogens with one attached hydrogen (secondary N) is 2. The van der Waals surface area contributed by atoms with Gasteiger partial charge in [-0.1, -0.05) is 17.3 Å². The fourth-order valence-corrected chi connectivity index (χ4v) is 2.82. The summed E-state index contributed by atoms with van der Waals surface area (Å²) in [7, 11) is 1.69. The van der Waals surface area contributed by atoms with E-state index in [0.29, 0.717) is 6.54 Å².